The number of fused-ring (bicyclic) bond motifs is 1. The highest BCUT2D eigenvalue weighted by Crippen LogP contribution is 2.37. The molecule has 2 atom stereocenters. The Balaban J connectivity index is 1.52. The molecule has 0 radical (unpaired) electrons. The van der Waals surface area contributed by atoms with Gasteiger partial charge >= 0.3 is 0 Å². The zero-order valence-electron chi connectivity index (χ0n) is 19.7. The van der Waals surface area contributed by atoms with E-state index in [1.165, 1.54) is 17.0 Å². The van der Waals surface area contributed by atoms with Gasteiger partial charge in [0.2, 0.25) is 5.91 Å². The minimum atomic E-state index is -0.746. The molecule has 5 rings (SSSR count). The minimum absolute atomic E-state index is 0.0681. The number of nitrogens with two attached hydrogens (primary N) is 1. The molecule has 1 saturated carbocycles. The first kappa shape index (κ1) is 23.6. The minimum Gasteiger partial charge on any atom is -0.394 e. The van der Waals surface area contributed by atoms with Crippen molar-refractivity contribution in [3.8, 4) is 11.8 Å². The second-order valence-electron chi connectivity index (χ2n) is 9.01. The number of benzene rings is 1. The quantitative estimate of drug-likeness (QED) is 0.354. The van der Waals surface area contributed by atoms with E-state index in [2.05, 4.69) is 33.8 Å². The fourth-order valence-electron chi connectivity index (χ4n) is 4.80. The van der Waals surface area contributed by atoms with Crippen LogP contribution in [0.1, 0.15) is 53.0 Å². The largest absolute Gasteiger partial charge is 0.394 e. The van der Waals surface area contributed by atoms with Crippen molar-refractivity contribution >= 4 is 28.7 Å². The Bertz CT molecular complexity index is 1440. The maximum Gasteiger partial charge on any atom is 0.255 e. The summed E-state index contributed by atoms with van der Waals surface area (Å²) in [6, 6.07) is 2.61. The second kappa shape index (κ2) is 9.13. The molecule has 0 unspecified atom stereocenters. The van der Waals surface area contributed by atoms with Crippen LogP contribution < -0.4 is 11.1 Å². The lowest BCUT2D eigenvalue weighted by Gasteiger charge is -2.20. The number of aliphatic hydroxyl groups excluding tert-OH is 1. The molecule has 0 bridgehead atoms. The van der Waals surface area contributed by atoms with Gasteiger partial charge < -0.3 is 25.6 Å². The summed E-state index contributed by atoms with van der Waals surface area (Å²) in [6.45, 7) is 3.55. The molecule has 186 valence electrons. The molecule has 3 heterocycles. The van der Waals surface area contributed by atoms with Crippen LogP contribution in [0, 0.1) is 17.7 Å². The van der Waals surface area contributed by atoms with Gasteiger partial charge in [0.25, 0.3) is 5.91 Å². The van der Waals surface area contributed by atoms with Crippen molar-refractivity contribution in [2.45, 2.75) is 37.4 Å². The molecule has 0 spiro atoms. The van der Waals surface area contributed by atoms with Crippen LogP contribution in [-0.4, -0.2) is 67.4 Å². The van der Waals surface area contributed by atoms with Crippen LogP contribution in [0.3, 0.4) is 0 Å². The molecular weight excluding hydrogens is 465 g/mol. The number of aliphatic hydroxyl groups is 1. The molecule has 2 aromatic heterocycles. The fourth-order valence-corrected chi connectivity index (χ4v) is 4.80. The predicted molar refractivity (Wildman–Crippen MR) is 131 cm³/mol. The van der Waals surface area contributed by atoms with Gasteiger partial charge in [-0.3, -0.25) is 9.59 Å². The number of amides is 2. The smallest absolute Gasteiger partial charge is 0.255 e. The number of carbonyl (C=O) groups is 2. The number of aromatic nitrogens is 4. The van der Waals surface area contributed by atoms with Gasteiger partial charge in [0.15, 0.2) is 5.69 Å². The molecular formula is C25H26FN7O3. The van der Waals surface area contributed by atoms with Crippen LogP contribution in [0.25, 0.3) is 11.0 Å². The van der Waals surface area contributed by atoms with Crippen LogP contribution in [0.4, 0.5) is 10.2 Å². The summed E-state index contributed by atoms with van der Waals surface area (Å²) < 4.78 is 18.4. The van der Waals surface area contributed by atoms with Crippen LogP contribution in [0.5, 0.6) is 0 Å². The summed E-state index contributed by atoms with van der Waals surface area (Å²) in [4.78, 5) is 30.5. The molecule has 3 aromatic rings. The Morgan fingerprint density at radius 2 is 2.11 bits per heavy atom. The number of hydrogen-bond acceptors (Lipinski definition) is 6. The van der Waals surface area contributed by atoms with Crippen LogP contribution in [0.15, 0.2) is 31.1 Å². The molecule has 11 heteroatoms. The number of hydrogen-bond donors (Lipinski definition) is 3. The normalized spacial score (nSPS) is 19.2. The van der Waals surface area contributed by atoms with Gasteiger partial charge in [-0.05, 0) is 37.3 Å². The van der Waals surface area contributed by atoms with Crippen LogP contribution in [0.2, 0.25) is 0 Å². The van der Waals surface area contributed by atoms with Gasteiger partial charge in [-0.1, -0.05) is 12.5 Å². The lowest BCUT2D eigenvalue weighted by Crippen LogP contribution is -2.36. The van der Waals surface area contributed by atoms with Crippen molar-refractivity contribution < 1.29 is 19.1 Å². The van der Waals surface area contributed by atoms with Crippen LogP contribution >= 0.6 is 0 Å². The summed E-state index contributed by atoms with van der Waals surface area (Å²) in [6.07, 6.45) is 5.43. The summed E-state index contributed by atoms with van der Waals surface area (Å²) in [5, 5.41) is 17.2. The number of carbonyl (C=O) groups excluding carboxylic acids is 2. The Morgan fingerprint density at radius 1 is 1.33 bits per heavy atom. The monoisotopic (exact) mass is 491 g/mol. The SMILES string of the molecule is C=CC(=O)N1C[C@@H](n2nc(C#Cc3cc4ncn(C5CC5)c4cc3F)c(C(N)=O)c2NC)C[C@@H]1CO. The number of nitrogens with one attached hydrogen (secondary N) is 1. The molecule has 2 aliphatic rings. The van der Waals surface area contributed by atoms with Crippen LogP contribution in [-0.2, 0) is 4.79 Å². The highest BCUT2D eigenvalue weighted by Gasteiger charge is 2.37. The molecule has 36 heavy (non-hydrogen) atoms. The number of anilines is 1. The van der Waals surface area contributed by atoms with E-state index in [4.69, 9.17) is 5.73 Å². The van der Waals surface area contributed by atoms with E-state index in [0.717, 1.165) is 18.4 Å². The summed E-state index contributed by atoms with van der Waals surface area (Å²) in [7, 11) is 1.62. The molecule has 2 amide bonds. The lowest BCUT2D eigenvalue weighted by molar-refractivity contribution is -0.127. The number of rotatable bonds is 6. The second-order valence-corrected chi connectivity index (χ2v) is 9.01. The standard InChI is InChI=1S/C25H26FN7O3/c1-3-22(35)31-11-16(9-17(31)12-34)33-25(28-2)23(24(27)36)19(30-33)7-4-14-8-20-21(10-18(14)26)32(13-29-20)15-5-6-15/h3,8,10,13,15-17,28,34H,1,5-6,9,11-12H2,2H3,(H2,27,36)/t16-,17+/m0/s1. The van der Waals surface area contributed by atoms with E-state index in [1.807, 2.05) is 4.57 Å². The Morgan fingerprint density at radius 3 is 2.75 bits per heavy atom. The Kier molecular flexibility index (Phi) is 5.97. The Labute approximate surface area is 206 Å². The number of nitrogens with zero attached hydrogens (tertiary/aromatic N) is 5. The molecule has 10 nitrogen and oxygen atoms in total. The maximum absolute atomic E-state index is 14.9. The van der Waals surface area contributed by atoms with Gasteiger partial charge in [0.1, 0.15) is 17.2 Å². The van der Waals surface area contributed by atoms with Crippen molar-refractivity contribution in [1.29, 1.82) is 0 Å². The molecule has 4 N–H and O–H groups in total. The van der Waals surface area contributed by atoms with Crippen molar-refractivity contribution in [3.05, 3.63) is 53.8 Å². The lowest BCUT2D eigenvalue weighted by atomic mass is 10.1. The van der Waals surface area contributed by atoms with Crippen molar-refractivity contribution in [1.82, 2.24) is 24.2 Å². The molecule has 1 saturated heterocycles. The summed E-state index contributed by atoms with van der Waals surface area (Å²) in [5.41, 5.74) is 7.30. The first-order valence-electron chi connectivity index (χ1n) is 11.7. The van der Waals surface area contributed by atoms with Gasteiger partial charge in [0.05, 0.1) is 41.6 Å². The van der Waals surface area contributed by atoms with Crippen molar-refractivity contribution in [2.75, 3.05) is 25.5 Å². The Hall–Kier alpha value is -4.17. The number of imidazole rings is 1. The van der Waals surface area contributed by atoms with E-state index in [-0.39, 0.29) is 41.9 Å². The van der Waals surface area contributed by atoms with Gasteiger partial charge in [0, 0.05) is 25.7 Å². The zero-order valence-corrected chi connectivity index (χ0v) is 19.7. The summed E-state index contributed by atoms with van der Waals surface area (Å²) >= 11 is 0. The predicted octanol–water partition coefficient (Wildman–Crippen LogP) is 1.57. The molecule has 2 fully saturated rings. The number of likely N-dealkylation sites (tertiary alicyclic amines) is 1. The van der Waals surface area contributed by atoms with Crippen molar-refractivity contribution in [3.63, 3.8) is 0 Å². The topological polar surface area (TPSA) is 131 Å². The molecule has 1 aliphatic heterocycles. The van der Waals surface area contributed by atoms with Gasteiger partial charge in [-0.2, -0.15) is 5.10 Å². The average Bonchev–Trinajstić information content (AvgIpc) is 3.32. The van der Waals surface area contributed by atoms with E-state index in [9.17, 15) is 19.1 Å². The number of primary amides is 1. The first-order chi connectivity index (χ1) is 17.4. The molecule has 1 aromatic carbocycles. The molecule has 1 aliphatic carbocycles. The van der Waals surface area contributed by atoms with Gasteiger partial charge in [-0.15, -0.1) is 0 Å². The third kappa shape index (κ3) is 3.99. The maximum atomic E-state index is 14.9. The first-order valence-corrected chi connectivity index (χ1v) is 11.7. The summed E-state index contributed by atoms with van der Waals surface area (Å²) in [5.74, 6) is 4.37. The van der Waals surface area contributed by atoms with Crippen molar-refractivity contribution in [2.24, 2.45) is 5.73 Å². The highest BCUT2D eigenvalue weighted by atomic mass is 19.1. The van der Waals surface area contributed by atoms with E-state index >= 15 is 0 Å². The van der Waals surface area contributed by atoms with E-state index in [1.54, 1.807) is 24.1 Å². The third-order valence-corrected chi connectivity index (χ3v) is 6.72. The third-order valence-electron chi connectivity index (χ3n) is 6.72. The zero-order chi connectivity index (χ0) is 25.6. The number of halogens is 1. The average molecular weight is 492 g/mol. The van der Waals surface area contributed by atoms with E-state index in [0.29, 0.717) is 23.8 Å². The highest BCUT2D eigenvalue weighted by molar-refractivity contribution is 6.00. The van der Waals surface area contributed by atoms with Gasteiger partial charge in [-0.25, -0.2) is 14.1 Å². The fraction of sp³-hybridized carbons (Fsp3) is 0.360. The van der Waals surface area contributed by atoms with E-state index < -0.39 is 17.8 Å².